The Bertz CT molecular complexity index is 1140. The molecule has 1 aliphatic heterocycles. The SMILES string of the molecule is Cc1ccc(/C(O)=C2\C(=O)C(=O)N(c3cc(C)cc(C)c3)C2c2ccncc2)cc1. The first-order chi connectivity index (χ1) is 14.4. The van der Waals surface area contributed by atoms with Gasteiger partial charge in [0.25, 0.3) is 11.7 Å². The number of Topliss-reactive ketones (excluding diaryl/α,β-unsaturated/α-hetero) is 1. The van der Waals surface area contributed by atoms with E-state index in [0.717, 1.165) is 16.7 Å². The second-order valence-corrected chi connectivity index (χ2v) is 7.66. The van der Waals surface area contributed by atoms with Crippen LogP contribution in [0, 0.1) is 20.8 Å². The first-order valence-corrected chi connectivity index (χ1v) is 9.73. The lowest BCUT2D eigenvalue weighted by atomic mass is 9.95. The van der Waals surface area contributed by atoms with Crippen LogP contribution in [0.3, 0.4) is 0 Å². The lowest BCUT2D eigenvalue weighted by Crippen LogP contribution is -2.29. The van der Waals surface area contributed by atoms with Crippen molar-refractivity contribution < 1.29 is 14.7 Å². The fraction of sp³-hybridized carbons (Fsp3) is 0.160. The van der Waals surface area contributed by atoms with E-state index in [-0.39, 0.29) is 11.3 Å². The Balaban J connectivity index is 1.96. The number of aliphatic hydroxyl groups is 1. The van der Waals surface area contributed by atoms with Crippen molar-refractivity contribution in [3.8, 4) is 0 Å². The fourth-order valence-electron chi connectivity index (χ4n) is 3.92. The second kappa shape index (κ2) is 7.59. The molecule has 0 spiro atoms. The highest BCUT2D eigenvalue weighted by molar-refractivity contribution is 6.51. The third-order valence-electron chi connectivity index (χ3n) is 5.28. The largest absolute Gasteiger partial charge is 0.507 e. The molecule has 1 N–H and O–H groups in total. The summed E-state index contributed by atoms with van der Waals surface area (Å²) in [7, 11) is 0. The molecule has 5 nitrogen and oxygen atoms in total. The zero-order valence-corrected chi connectivity index (χ0v) is 17.1. The number of hydrogen-bond acceptors (Lipinski definition) is 4. The molecule has 4 rings (SSSR count). The fourth-order valence-corrected chi connectivity index (χ4v) is 3.92. The van der Waals surface area contributed by atoms with Gasteiger partial charge in [0, 0.05) is 23.6 Å². The van der Waals surface area contributed by atoms with Gasteiger partial charge in [-0.15, -0.1) is 0 Å². The molecule has 5 heteroatoms. The summed E-state index contributed by atoms with van der Waals surface area (Å²) in [5, 5.41) is 11.1. The third kappa shape index (κ3) is 3.39. The van der Waals surface area contributed by atoms with Crippen LogP contribution < -0.4 is 4.90 Å². The zero-order valence-electron chi connectivity index (χ0n) is 17.1. The number of carbonyl (C=O) groups excluding carboxylic acids is 2. The first kappa shape index (κ1) is 19.6. The number of aromatic nitrogens is 1. The van der Waals surface area contributed by atoms with Crippen molar-refractivity contribution in [3.63, 3.8) is 0 Å². The molecule has 30 heavy (non-hydrogen) atoms. The molecule has 1 aliphatic rings. The van der Waals surface area contributed by atoms with E-state index < -0.39 is 17.7 Å². The van der Waals surface area contributed by atoms with E-state index in [9.17, 15) is 14.7 Å². The number of nitrogens with zero attached hydrogens (tertiary/aromatic N) is 2. The maximum absolute atomic E-state index is 13.1. The van der Waals surface area contributed by atoms with Gasteiger partial charge in [-0.3, -0.25) is 19.5 Å². The van der Waals surface area contributed by atoms with Gasteiger partial charge in [0.2, 0.25) is 0 Å². The molecule has 1 amide bonds. The van der Waals surface area contributed by atoms with Gasteiger partial charge in [-0.1, -0.05) is 35.9 Å². The number of anilines is 1. The average molecular weight is 398 g/mol. The zero-order chi connectivity index (χ0) is 21.4. The van der Waals surface area contributed by atoms with Crippen LogP contribution in [0.15, 0.2) is 72.6 Å². The van der Waals surface area contributed by atoms with E-state index in [2.05, 4.69) is 4.98 Å². The number of pyridine rings is 1. The van der Waals surface area contributed by atoms with Crippen molar-refractivity contribution >= 4 is 23.1 Å². The minimum Gasteiger partial charge on any atom is -0.507 e. The molecule has 1 aromatic heterocycles. The van der Waals surface area contributed by atoms with Crippen LogP contribution in [0.1, 0.15) is 33.9 Å². The van der Waals surface area contributed by atoms with E-state index in [1.807, 2.05) is 51.1 Å². The van der Waals surface area contributed by atoms with E-state index in [0.29, 0.717) is 16.8 Å². The van der Waals surface area contributed by atoms with Gasteiger partial charge in [0.15, 0.2) is 0 Å². The Morgan fingerprint density at radius 1 is 0.867 bits per heavy atom. The molecule has 2 heterocycles. The van der Waals surface area contributed by atoms with Crippen LogP contribution in [-0.4, -0.2) is 21.8 Å². The second-order valence-electron chi connectivity index (χ2n) is 7.66. The summed E-state index contributed by atoms with van der Waals surface area (Å²) in [5.74, 6) is -1.54. The summed E-state index contributed by atoms with van der Waals surface area (Å²) in [6.07, 6.45) is 3.23. The number of aliphatic hydroxyl groups excluding tert-OH is 1. The summed E-state index contributed by atoms with van der Waals surface area (Å²) < 4.78 is 0. The Hall–Kier alpha value is -3.73. The highest BCUT2D eigenvalue weighted by atomic mass is 16.3. The molecule has 0 aliphatic carbocycles. The number of benzene rings is 2. The van der Waals surface area contributed by atoms with Crippen molar-refractivity contribution in [1.82, 2.24) is 4.98 Å². The first-order valence-electron chi connectivity index (χ1n) is 9.73. The molecule has 150 valence electrons. The molecule has 1 saturated heterocycles. The van der Waals surface area contributed by atoms with Gasteiger partial charge in [0.1, 0.15) is 5.76 Å². The number of ketones is 1. The molecular formula is C25H22N2O3. The molecule has 1 atom stereocenters. The topological polar surface area (TPSA) is 70.5 Å². The van der Waals surface area contributed by atoms with Crippen LogP contribution in [-0.2, 0) is 9.59 Å². The minimum atomic E-state index is -0.740. The molecule has 1 fully saturated rings. The monoisotopic (exact) mass is 398 g/mol. The molecular weight excluding hydrogens is 376 g/mol. The highest BCUT2D eigenvalue weighted by Gasteiger charge is 2.47. The number of rotatable bonds is 3. The molecule has 0 saturated carbocycles. The molecule has 2 aromatic carbocycles. The average Bonchev–Trinajstić information content (AvgIpc) is 2.99. The minimum absolute atomic E-state index is 0.0780. The van der Waals surface area contributed by atoms with Crippen LogP contribution >= 0.6 is 0 Å². The maximum Gasteiger partial charge on any atom is 0.300 e. The number of carbonyl (C=O) groups is 2. The number of amides is 1. The summed E-state index contributed by atoms with van der Waals surface area (Å²) in [6, 6.07) is 15.7. The smallest absolute Gasteiger partial charge is 0.300 e. The lowest BCUT2D eigenvalue weighted by molar-refractivity contribution is -0.132. The van der Waals surface area contributed by atoms with Crippen LogP contribution in [0.2, 0.25) is 0 Å². The van der Waals surface area contributed by atoms with Gasteiger partial charge in [0.05, 0.1) is 11.6 Å². The van der Waals surface area contributed by atoms with Crippen LogP contribution in [0.5, 0.6) is 0 Å². The molecule has 3 aromatic rings. The number of aryl methyl sites for hydroxylation is 3. The Morgan fingerprint density at radius 3 is 2.07 bits per heavy atom. The van der Waals surface area contributed by atoms with E-state index in [4.69, 9.17) is 0 Å². The predicted octanol–water partition coefficient (Wildman–Crippen LogP) is 4.63. The van der Waals surface area contributed by atoms with Gasteiger partial charge in [-0.25, -0.2) is 0 Å². The predicted molar refractivity (Wildman–Crippen MR) is 116 cm³/mol. The van der Waals surface area contributed by atoms with Crippen molar-refractivity contribution in [2.24, 2.45) is 0 Å². The van der Waals surface area contributed by atoms with Gasteiger partial charge in [-0.2, -0.15) is 0 Å². The van der Waals surface area contributed by atoms with Crippen LogP contribution in [0.25, 0.3) is 5.76 Å². The van der Waals surface area contributed by atoms with Crippen LogP contribution in [0.4, 0.5) is 5.69 Å². The maximum atomic E-state index is 13.1. The summed E-state index contributed by atoms with van der Waals surface area (Å²) in [4.78, 5) is 31.7. The lowest BCUT2D eigenvalue weighted by Gasteiger charge is -2.26. The normalized spacial score (nSPS) is 18.1. The quantitative estimate of drug-likeness (QED) is 0.397. The summed E-state index contributed by atoms with van der Waals surface area (Å²) in [6.45, 7) is 5.83. The van der Waals surface area contributed by atoms with Crippen molar-refractivity contribution in [2.75, 3.05) is 4.90 Å². The van der Waals surface area contributed by atoms with Gasteiger partial charge >= 0.3 is 0 Å². The third-order valence-corrected chi connectivity index (χ3v) is 5.28. The van der Waals surface area contributed by atoms with E-state index in [1.165, 1.54) is 4.90 Å². The summed E-state index contributed by atoms with van der Waals surface area (Å²) >= 11 is 0. The van der Waals surface area contributed by atoms with Crippen molar-refractivity contribution in [1.29, 1.82) is 0 Å². The van der Waals surface area contributed by atoms with E-state index in [1.54, 1.807) is 36.7 Å². The standard InChI is InChI=1S/C25H22N2O3/c1-15-4-6-19(7-5-15)23(28)21-22(18-8-10-26-11-9-18)27(25(30)24(21)29)20-13-16(2)12-17(3)14-20/h4-14,22,28H,1-3H3/b23-21+. The Kier molecular flexibility index (Phi) is 4.96. The highest BCUT2D eigenvalue weighted by Crippen LogP contribution is 2.42. The van der Waals surface area contributed by atoms with Gasteiger partial charge in [-0.05, 0) is 61.7 Å². The number of hydrogen-bond donors (Lipinski definition) is 1. The summed E-state index contributed by atoms with van der Waals surface area (Å²) in [5.41, 5.74) is 4.91. The van der Waals surface area contributed by atoms with Gasteiger partial charge < -0.3 is 5.11 Å². The van der Waals surface area contributed by atoms with E-state index >= 15 is 0 Å². The van der Waals surface area contributed by atoms with Crippen molar-refractivity contribution in [2.45, 2.75) is 26.8 Å². The van der Waals surface area contributed by atoms with Crippen molar-refractivity contribution in [3.05, 3.63) is 100 Å². The molecule has 1 unspecified atom stereocenters. The molecule has 0 radical (unpaired) electrons. The Labute approximate surface area is 175 Å². The molecule has 0 bridgehead atoms. The Morgan fingerprint density at radius 2 is 1.47 bits per heavy atom.